The van der Waals surface area contributed by atoms with Crippen LogP contribution in [0.25, 0.3) is 0 Å². The molecule has 1 aromatic carbocycles. The number of benzene rings is 1. The highest BCUT2D eigenvalue weighted by Gasteiger charge is 2.11. The van der Waals surface area contributed by atoms with Gasteiger partial charge in [0.2, 0.25) is 0 Å². The largest absolute Gasteiger partial charge is 0.378 e. The van der Waals surface area contributed by atoms with Crippen molar-refractivity contribution < 1.29 is 4.74 Å². The lowest BCUT2D eigenvalue weighted by atomic mass is 10.1. The molecular formula is C14H21NO. The van der Waals surface area contributed by atoms with E-state index in [2.05, 4.69) is 35.6 Å². The van der Waals surface area contributed by atoms with Crippen LogP contribution in [0.2, 0.25) is 0 Å². The molecule has 1 atom stereocenters. The maximum atomic E-state index is 5.93. The summed E-state index contributed by atoms with van der Waals surface area (Å²) < 4.78 is 5.93. The molecule has 0 amide bonds. The van der Waals surface area contributed by atoms with Gasteiger partial charge in [0.05, 0.1) is 12.7 Å². The number of rotatable bonds is 4. The van der Waals surface area contributed by atoms with Gasteiger partial charge in [-0.2, -0.15) is 0 Å². The molecule has 1 heterocycles. The number of nitrogens with one attached hydrogen (secondary N) is 1. The van der Waals surface area contributed by atoms with E-state index in [1.165, 1.54) is 18.4 Å². The Morgan fingerprint density at radius 3 is 2.88 bits per heavy atom. The molecule has 2 rings (SSSR count). The molecule has 1 saturated heterocycles. The predicted octanol–water partition coefficient (Wildman–Crippen LogP) is 2.39. The standard InChI is InChI=1S/C14H21NO/c1-2-5-13(6-3-1)9-12-16-14-7-4-10-15-11-8-14/h1-3,5-6,14-15H,4,7-12H2. The molecule has 1 fully saturated rings. The third-order valence-electron chi connectivity index (χ3n) is 3.11. The van der Waals surface area contributed by atoms with Gasteiger partial charge in [-0.15, -0.1) is 0 Å². The van der Waals surface area contributed by atoms with E-state index in [0.717, 1.165) is 32.5 Å². The molecule has 0 bridgehead atoms. The third-order valence-corrected chi connectivity index (χ3v) is 3.11. The summed E-state index contributed by atoms with van der Waals surface area (Å²) in [4.78, 5) is 0. The van der Waals surface area contributed by atoms with Crippen molar-refractivity contribution in [2.45, 2.75) is 31.8 Å². The SMILES string of the molecule is c1ccc(CCOC2CCCNCC2)cc1. The first-order chi connectivity index (χ1) is 7.95. The Hall–Kier alpha value is -0.860. The van der Waals surface area contributed by atoms with E-state index in [4.69, 9.17) is 4.74 Å². The van der Waals surface area contributed by atoms with Crippen molar-refractivity contribution in [2.75, 3.05) is 19.7 Å². The molecular weight excluding hydrogens is 198 g/mol. The first-order valence-electron chi connectivity index (χ1n) is 6.31. The molecule has 1 aliphatic heterocycles. The fourth-order valence-corrected chi connectivity index (χ4v) is 2.14. The van der Waals surface area contributed by atoms with E-state index in [1.807, 2.05) is 0 Å². The Labute approximate surface area is 98.0 Å². The summed E-state index contributed by atoms with van der Waals surface area (Å²) >= 11 is 0. The average Bonchev–Trinajstić information content (AvgIpc) is 2.59. The van der Waals surface area contributed by atoms with Gasteiger partial charge in [0, 0.05) is 0 Å². The molecule has 0 radical (unpaired) electrons. The molecule has 1 aromatic rings. The summed E-state index contributed by atoms with van der Waals surface area (Å²) in [5, 5.41) is 3.41. The van der Waals surface area contributed by atoms with Gasteiger partial charge in [-0.1, -0.05) is 30.3 Å². The van der Waals surface area contributed by atoms with Crippen molar-refractivity contribution in [3.63, 3.8) is 0 Å². The quantitative estimate of drug-likeness (QED) is 0.839. The fraction of sp³-hybridized carbons (Fsp3) is 0.571. The monoisotopic (exact) mass is 219 g/mol. The van der Waals surface area contributed by atoms with E-state index in [1.54, 1.807) is 0 Å². The maximum Gasteiger partial charge on any atom is 0.0587 e. The Kier molecular flexibility index (Phi) is 4.84. The van der Waals surface area contributed by atoms with Crippen molar-refractivity contribution in [1.29, 1.82) is 0 Å². The summed E-state index contributed by atoms with van der Waals surface area (Å²) in [7, 11) is 0. The smallest absolute Gasteiger partial charge is 0.0587 e. The molecule has 16 heavy (non-hydrogen) atoms. The predicted molar refractivity (Wildman–Crippen MR) is 66.6 cm³/mol. The maximum absolute atomic E-state index is 5.93. The van der Waals surface area contributed by atoms with Crippen LogP contribution in [0.5, 0.6) is 0 Å². The van der Waals surface area contributed by atoms with Crippen molar-refractivity contribution >= 4 is 0 Å². The Bertz CT molecular complexity index is 278. The lowest BCUT2D eigenvalue weighted by molar-refractivity contribution is 0.0475. The van der Waals surface area contributed by atoms with Crippen LogP contribution in [-0.4, -0.2) is 25.8 Å². The second-order valence-electron chi connectivity index (χ2n) is 4.41. The van der Waals surface area contributed by atoms with E-state index in [9.17, 15) is 0 Å². The topological polar surface area (TPSA) is 21.3 Å². The van der Waals surface area contributed by atoms with Gasteiger partial charge in [-0.05, 0) is 44.3 Å². The van der Waals surface area contributed by atoms with Gasteiger partial charge in [-0.25, -0.2) is 0 Å². The molecule has 1 N–H and O–H groups in total. The lowest BCUT2D eigenvalue weighted by Crippen LogP contribution is -2.18. The Morgan fingerprint density at radius 2 is 2.00 bits per heavy atom. The molecule has 88 valence electrons. The van der Waals surface area contributed by atoms with E-state index < -0.39 is 0 Å². The summed E-state index contributed by atoms with van der Waals surface area (Å²) in [5.74, 6) is 0. The molecule has 2 heteroatoms. The van der Waals surface area contributed by atoms with Gasteiger partial charge in [-0.3, -0.25) is 0 Å². The Balaban J connectivity index is 1.67. The zero-order valence-electron chi connectivity index (χ0n) is 9.82. The number of hydrogen-bond donors (Lipinski definition) is 1. The summed E-state index contributed by atoms with van der Waals surface area (Å²) in [6.07, 6.45) is 5.12. The summed E-state index contributed by atoms with van der Waals surface area (Å²) in [6, 6.07) is 10.6. The van der Waals surface area contributed by atoms with Crippen LogP contribution >= 0.6 is 0 Å². The van der Waals surface area contributed by atoms with Gasteiger partial charge in [0.25, 0.3) is 0 Å². The van der Waals surface area contributed by atoms with Crippen LogP contribution in [-0.2, 0) is 11.2 Å². The molecule has 0 spiro atoms. The van der Waals surface area contributed by atoms with Gasteiger partial charge < -0.3 is 10.1 Å². The van der Waals surface area contributed by atoms with Crippen LogP contribution < -0.4 is 5.32 Å². The van der Waals surface area contributed by atoms with Crippen LogP contribution in [0.3, 0.4) is 0 Å². The summed E-state index contributed by atoms with van der Waals surface area (Å²) in [5.41, 5.74) is 1.37. The normalized spacial score (nSPS) is 21.6. The van der Waals surface area contributed by atoms with Crippen molar-refractivity contribution in [1.82, 2.24) is 5.32 Å². The minimum atomic E-state index is 0.471. The van der Waals surface area contributed by atoms with E-state index in [-0.39, 0.29) is 0 Å². The minimum absolute atomic E-state index is 0.471. The third kappa shape index (κ3) is 3.95. The first-order valence-corrected chi connectivity index (χ1v) is 6.31. The second-order valence-corrected chi connectivity index (χ2v) is 4.41. The van der Waals surface area contributed by atoms with Crippen LogP contribution in [0.15, 0.2) is 30.3 Å². The molecule has 2 nitrogen and oxygen atoms in total. The van der Waals surface area contributed by atoms with Crippen molar-refractivity contribution in [3.8, 4) is 0 Å². The lowest BCUT2D eigenvalue weighted by Gasteiger charge is -2.14. The zero-order chi connectivity index (χ0) is 11.1. The second kappa shape index (κ2) is 6.66. The molecule has 1 unspecified atom stereocenters. The van der Waals surface area contributed by atoms with E-state index >= 15 is 0 Å². The molecule has 0 aromatic heterocycles. The minimum Gasteiger partial charge on any atom is -0.378 e. The van der Waals surface area contributed by atoms with Gasteiger partial charge in [0.1, 0.15) is 0 Å². The number of hydrogen-bond acceptors (Lipinski definition) is 2. The van der Waals surface area contributed by atoms with Crippen LogP contribution in [0.4, 0.5) is 0 Å². The average molecular weight is 219 g/mol. The van der Waals surface area contributed by atoms with Crippen molar-refractivity contribution in [2.24, 2.45) is 0 Å². The summed E-state index contributed by atoms with van der Waals surface area (Å²) in [6.45, 7) is 3.11. The molecule has 0 saturated carbocycles. The zero-order valence-corrected chi connectivity index (χ0v) is 9.82. The highest BCUT2D eigenvalue weighted by molar-refractivity contribution is 5.14. The highest BCUT2D eigenvalue weighted by Crippen LogP contribution is 2.10. The van der Waals surface area contributed by atoms with Crippen LogP contribution in [0, 0.1) is 0 Å². The highest BCUT2D eigenvalue weighted by atomic mass is 16.5. The first kappa shape index (κ1) is 11.6. The van der Waals surface area contributed by atoms with Gasteiger partial charge in [0.15, 0.2) is 0 Å². The molecule has 1 aliphatic rings. The fourth-order valence-electron chi connectivity index (χ4n) is 2.14. The molecule has 0 aliphatic carbocycles. The van der Waals surface area contributed by atoms with E-state index in [0.29, 0.717) is 6.10 Å². The van der Waals surface area contributed by atoms with Gasteiger partial charge >= 0.3 is 0 Å². The Morgan fingerprint density at radius 1 is 1.12 bits per heavy atom. The number of ether oxygens (including phenoxy) is 1. The van der Waals surface area contributed by atoms with Crippen molar-refractivity contribution in [3.05, 3.63) is 35.9 Å². The van der Waals surface area contributed by atoms with Crippen LogP contribution in [0.1, 0.15) is 24.8 Å².